The molecule has 1 amide bonds. The molecule has 0 spiro atoms. The van der Waals surface area contributed by atoms with Gasteiger partial charge in [-0.25, -0.2) is 14.8 Å². The van der Waals surface area contributed by atoms with E-state index in [4.69, 9.17) is 16.7 Å². The lowest BCUT2D eigenvalue weighted by atomic mass is 10.0. The van der Waals surface area contributed by atoms with E-state index >= 15 is 0 Å². The van der Waals surface area contributed by atoms with Crippen LogP contribution in [0, 0.1) is 0 Å². The second-order valence-electron chi connectivity index (χ2n) is 3.44. The Kier molecular flexibility index (Phi) is 3.05. The minimum absolute atomic E-state index is 0.385. The Balaban J connectivity index is 2.19. The van der Waals surface area contributed by atoms with E-state index in [0.717, 1.165) is 11.1 Å². The summed E-state index contributed by atoms with van der Waals surface area (Å²) in [5.41, 5.74) is 1.79. The van der Waals surface area contributed by atoms with Gasteiger partial charge in [-0.3, -0.25) is 0 Å². The van der Waals surface area contributed by atoms with Crippen LogP contribution in [0.3, 0.4) is 0 Å². The molecular formula is C10H10ClN3O2. The highest BCUT2D eigenvalue weighted by Gasteiger charge is 2.18. The van der Waals surface area contributed by atoms with Crippen molar-refractivity contribution in [2.24, 2.45) is 0 Å². The van der Waals surface area contributed by atoms with E-state index in [1.807, 2.05) is 6.08 Å². The Morgan fingerprint density at radius 2 is 2.38 bits per heavy atom. The van der Waals surface area contributed by atoms with Crippen LogP contribution in [0.4, 0.5) is 4.79 Å². The molecule has 0 unspecified atom stereocenters. The molecule has 0 saturated carbocycles. The zero-order chi connectivity index (χ0) is 11.5. The SMILES string of the molecule is O=C(O)N1CC=C(c2cncnc2Cl)CC1. The summed E-state index contributed by atoms with van der Waals surface area (Å²) in [6.07, 6.45) is 4.63. The average Bonchev–Trinajstić information content (AvgIpc) is 2.30. The van der Waals surface area contributed by atoms with Crippen LogP contribution in [0.2, 0.25) is 5.15 Å². The van der Waals surface area contributed by atoms with E-state index < -0.39 is 6.09 Å². The number of nitrogens with zero attached hydrogens (tertiary/aromatic N) is 3. The van der Waals surface area contributed by atoms with E-state index in [0.29, 0.717) is 24.7 Å². The van der Waals surface area contributed by atoms with Crippen molar-refractivity contribution in [2.45, 2.75) is 6.42 Å². The number of carbonyl (C=O) groups is 1. The Labute approximate surface area is 97.4 Å². The van der Waals surface area contributed by atoms with Gasteiger partial charge in [0, 0.05) is 24.8 Å². The lowest BCUT2D eigenvalue weighted by Crippen LogP contribution is -2.33. The van der Waals surface area contributed by atoms with Gasteiger partial charge in [-0.05, 0) is 12.0 Å². The number of hydrogen-bond donors (Lipinski definition) is 1. The quantitative estimate of drug-likeness (QED) is 0.760. The molecule has 2 rings (SSSR count). The molecule has 1 aromatic rings. The van der Waals surface area contributed by atoms with Gasteiger partial charge < -0.3 is 10.0 Å². The number of aromatic nitrogens is 2. The third-order valence-corrected chi connectivity index (χ3v) is 2.79. The topological polar surface area (TPSA) is 66.3 Å². The summed E-state index contributed by atoms with van der Waals surface area (Å²) in [5, 5.41) is 9.20. The molecule has 0 aliphatic carbocycles. The standard InChI is InChI=1S/C10H10ClN3O2/c11-9-8(5-12-6-13-9)7-1-3-14(4-2-7)10(15)16/h1,5-6H,2-4H2,(H,15,16). The van der Waals surface area contributed by atoms with Gasteiger partial charge in [0.15, 0.2) is 0 Å². The van der Waals surface area contributed by atoms with Crippen molar-refractivity contribution in [2.75, 3.05) is 13.1 Å². The van der Waals surface area contributed by atoms with E-state index in [1.165, 1.54) is 11.2 Å². The van der Waals surface area contributed by atoms with Gasteiger partial charge in [-0.15, -0.1) is 0 Å². The first-order valence-electron chi connectivity index (χ1n) is 4.81. The minimum Gasteiger partial charge on any atom is -0.465 e. The molecule has 1 aliphatic heterocycles. The van der Waals surface area contributed by atoms with E-state index in [-0.39, 0.29) is 0 Å². The van der Waals surface area contributed by atoms with E-state index in [2.05, 4.69) is 9.97 Å². The van der Waals surface area contributed by atoms with Crippen molar-refractivity contribution in [1.29, 1.82) is 0 Å². The number of carboxylic acid groups (broad SMARTS) is 1. The predicted octanol–water partition coefficient (Wildman–Crippen LogP) is 1.90. The van der Waals surface area contributed by atoms with Gasteiger partial charge in [0.05, 0.1) is 0 Å². The first kappa shape index (κ1) is 10.9. The van der Waals surface area contributed by atoms with Crippen molar-refractivity contribution in [3.63, 3.8) is 0 Å². The Bertz CT molecular complexity index is 447. The van der Waals surface area contributed by atoms with Gasteiger partial charge in [0.25, 0.3) is 0 Å². The molecule has 1 N–H and O–H groups in total. The molecular weight excluding hydrogens is 230 g/mol. The second kappa shape index (κ2) is 4.49. The van der Waals surface area contributed by atoms with Gasteiger partial charge in [0.1, 0.15) is 11.5 Å². The summed E-state index contributed by atoms with van der Waals surface area (Å²) in [4.78, 5) is 19.9. The fourth-order valence-electron chi connectivity index (χ4n) is 1.62. The summed E-state index contributed by atoms with van der Waals surface area (Å²) in [6, 6.07) is 0. The van der Waals surface area contributed by atoms with Gasteiger partial charge in [0.2, 0.25) is 0 Å². The van der Waals surface area contributed by atoms with E-state index in [1.54, 1.807) is 6.20 Å². The Hall–Kier alpha value is -1.62. The number of rotatable bonds is 1. The lowest BCUT2D eigenvalue weighted by molar-refractivity contribution is 0.150. The average molecular weight is 240 g/mol. The molecule has 6 heteroatoms. The van der Waals surface area contributed by atoms with Crippen molar-refractivity contribution in [3.05, 3.63) is 29.3 Å². The number of halogens is 1. The molecule has 0 fully saturated rings. The van der Waals surface area contributed by atoms with E-state index in [9.17, 15) is 4.79 Å². The summed E-state index contributed by atoms with van der Waals surface area (Å²) >= 11 is 5.93. The maximum absolute atomic E-state index is 10.7. The third kappa shape index (κ3) is 2.14. The summed E-state index contributed by atoms with van der Waals surface area (Å²) in [6.45, 7) is 0.863. The van der Waals surface area contributed by atoms with Crippen molar-refractivity contribution in [1.82, 2.24) is 14.9 Å². The van der Waals surface area contributed by atoms with Crippen molar-refractivity contribution >= 4 is 23.3 Å². The molecule has 1 aromatic heterocycles. The second-order valence-corrected chi connectivity index (χ2v) is 3.79. The molecule has 0 radical (unpaired) electrons. The molecule has 84 valence electrons. The highest BCUT2D eigenvalue weighted by atomic mass is 35.5. The van der Waals surface area contributed by atoms with Crippen LogP contribution >= 0.6 is 11.6 Å². The fourth-order valence-corrected chi connectivity index (χ4v) is 1.83. The smallest absolute Gasteiger partial charge is 0.407 e. The van der Waals surface area contributed by atoms with Crippen LogP contribution in [-0.4, -0.2) is 39.2 Å². The highest BCUT2D eigenvalue weighted by Crippen LogP contribution is 2.26. The first-order valence-corrected chi connectivity index (χ1v) is 5.19. The number of amides is 1. The first-order chi connectivity index (χ1) is 7.68. The number of hydrogen-bond acceptors (Lipinski definition) is 3. The monoisotopic (exact) mass is 239 g/mol. The molecule has 2 heterocycles. The molecule has 0 atom stereocenters. The minimum atomic E-state index is -0.897. The lowest BCUT2D eigenvalue weighted by Gasteiger charge is -2.23. The summed E-state index contributed by atoms with van der Waals surface area (Å²) < 4.78 is 0. The van der Waals surface area contributed by atoms with Crippen LogP contribution in [0.25, 0.3) is 5.57 Å². The maximum Gasteiger partial charge on any atom is 0.407 e. The zero-order valence-electron chi connectivity index (χ0n) is 8.43. The zero-order valence-corrected chi connectivity index (χ0v) is 9.18. The largest absolute Gasteiger partial charge is 0.465 e. The predicted molar refractivity (Wildman–Crippen MR) is 59.2 cm³/mol. The van der Waals surface area contributed by atoms with Gasteiger partial charge in [-0.2, -0.15) is 0 Å². The van der Waals surface area contributed by atoms with Crippen LogP contribution in [-0.2, 0) is 0 Å². The molecule has 5 nitrogen and oxygen atoms in total. The molecule has 1 aliphatic rings. The third-order valence-electron chi connectivity index (χ3n) is 2.49. The summed E-state index contributed by atoms with van der Waals surface area (Å²) in [5.74, 6) is 0. The van der Waals surface area contributed by atoms with Crippen molar-refractivity contribution in [3.8, 4) is 0 Å². The maximum atomic E-state index is 10.7. The Morgan fingerprint density at radius 1 is 1.56 bits per heavy atom. The molecule has 0 aromatic carbocycles. The van der Waals surface area contributed by atoms with Crippen LogP contribution < -0.4 is 0 Å². The molecule has 0 bridgehead atoms. The van der Waals surface area contributed by atoms with Crippen LogP contribution in [0.5, 0.6) is 0 Å². The van der Waals surface area contributed by atoms with Crippen LogP contribution in [0.15, 0.2) is 18.6 Å². The normalized spacial score (nSPS) is 15.8. The van der Waals surface area contributed by atoms with Crippen LogP contribution in [0.1, 0.15) is 12.0 Å². The molecule has 0 saturated heterocycles. The highest BCUT2D eigenvalue weighted by molar-refractivity contribution is 6.31. The Morgan fingerprint density at radius 3 is 2.94 bits per heavy atom. The molecule has 16 heavy (non-hydrogen) atoms. The van der Waals surface area contributed by atoms with Gasteiger partial charge >= 0.3 is 6.09 Å². The fraction of sp³-hybridized carbons (Fsp3) is 0.300. The summed E-state index contributed by atoms with van der Waals surface area (Å²) in [7, 11) is 0. The van der Waals surface area contributed by atoms with Crippen molar-refractivity contribution < 1.29 is 9.90 Å². The van der Waals surface area contributed by atoms with Gasteiger partial charge in [-0.1, -0.05) is 17.7 Å².